The molecule has 1 N–H and O–H groups in total. The zero-order valence-corrected chi connectivity index (χ0v) is 11.0. The van der Waals surface area contributed by atoms with Crippen molar-refractivity contribution in [3.05, 3.63) is 0 Å². The number of nitrogens with one attached hydrogen (secondary N) is 1. The SMILES string of the molecule is CNC(=O)ON=C1N=C(C(C)C)C(C)(C)S1. The fraction of sp³-hybridized carbons (Fsp3) is 0.700. The maximum atomic E-state index is 10.8. The van der Waals surface area contributed by atoms with Gasteiger partial charge in [-0.3, -0.25) is 4.84 Å². The van der Waals surface area contributed by atoms with Crippen molar-refractivity contribution in [2.45, 2.75) is 32.4 Å². The molecule has 6 heteroatoms. The molecule has 0 aliphatic carbocycles. The highest BCUT2D eigenvalue weighted by Gasteiger charge is 2.36. The number of hydrogen-bond acceptors (Lipinski definition) is 4. The van der Waals surface area contributed by atoms with Crippen molar-refractivity contribution < 1.29 is 9.63 Å². The molecule has 1 amide bonds. The summed E-state index contributed by atoms with van der Waals surface area (Å²) in [5.74, 6) is 0.357. The third kappa shape index (κ3) is 2.98. The minimum absolute atomic E-state index is 0.0843. The molecule has 1 rings (SSSR count). The van der Waals surface area contributed by atoms with E-state index in [1.165, 1.54) is 18.8 Å². The second-order valence-corrected chi connectivity index (χ2v) is 5.86. The molecule has 1 aliphatic heterocycles. The standard InChI is InChI=1S/C10H17N3O2S/c1-6(2)7-10(3,4)16-8(12-7)13-15-9(14)11-5/h6H,1-5H3,(H,11,14). The molecule has 5 nitrogen and oxygen atoms in total. The highest BCUT2D eigenvalue weighted by molar-refractivity contribution is 8.16. The summed E-state index contributed by atoms with van der Waals surface area (Å²) in [6.45, 7) is 8.34. The van der Waals surface area contributed by atoms with Gasteiger partial charge in [0.2, 0.25) is 5.17 Å². The van der Waals surface area contributed by atoms with Crippen LogP contribution >= 0.6 is 11.8 Å². The van der Waals surface area contributed by atoms with Gasteiger partial charge in [-0.25, -0.2) is 9.79 Å². The van der Waals surface area contributed by atoms with Crippen LogP contribution in [0, 0.1) is 5.92 Å². The van der Waals surface area contributed by atoms with Crippen LogP contribution in [0.5, 0.6) is 0 Å². The molecule has 0 bridgehead atoms. The van der Waals surface area contributed by atoms with Crippen molar-refractivity contribution in [1.82, 2.24) is 5.32 Å². The van der Waals surface area contributed by atoms with Gasteiger partial charge in [0.1, 0.15) is 0 Å². The van der Waals surface area contributed by atoms with Crippen LogP contribution in [0.1, 0.15) is 27.7 Å². The molecule has 0 atom stereocenters. The van der Waals surface area contributed by atoms with Gasteiger partial charge in [0.25, 0.3) is 0 Å². The van der Waals surface area contributed by atoms with Gasteiger partial charge in [-0.1, -0.05) is 25.6 Å². The minimum Gasteiger partial charge on any atom is -0.323 e. The van der Waals surface area contributed by atoms with E-state index in [2.05, 4.69) is 48.0 Å². The van der Waals surface area contributed by atoms with Gasteiger partial charge in [-0.05, 0) is 24.9 Å². The molecule has 0 aromatic heterocycles. The zero-order valence-electron chi connectivity index (χ0n) is 10.2. The second-order valence-electron chi connectivity index (χ2n) is 4.27. The zero-order chi connectivity index (χ0) is 12.3. The quantitative estimate of drug-likeness (QED) is 0.597. The summed E-state index contributed by atoms with van der Waals surface area (Å²) in [7, 11) is 1.48. The number of carbonyl (C=O) groups excluding carboxylic acids is 1. The smallest absolute Gasteiger partial charge is 0.323 e. The Hall–Kier alpha value is -1.04. The first kappa shape index (κ1) is 13.0. The van der Waals surface area contributed by atoms with E-state index < -0.39 is 6.09 Å². The third-order valence-corrected chi connectivity index (χ3v) is 3.20. The first-order valence-electron chi connectivity index (χ1n) is 5.11. The van der Waals surface area contributed by atoms with Crippen molar-refractivity contribution in [2.75, 3.05) is 7.05 Å². The van der Waals surface area contributed by atoms with E-state index >= 15 is 0 Å². The van der Waals surface area contributed by atoms with E-state index in [4.69, 9.17) is 0 Å². The van der Waals surface area contributed by atoms with Crippen molar-refractivity contribution in [3.8, 4) is 0 Å². The van der Waals surface area contributed by atoms with Crippen LogP contribution in [-0.2, 0) is 4.84 Å². The topological polar surface area (TPSA) is 63.0 Å². The first-order valence-corrected chi connectivity index (χ1v) is 5.93. The van der Waals surface area contributed by atoms with E-state index in [0.29, 0.717) is 11.1 Å². The minimum atomic E-state index is -0.584. The average Bonchev–Trinajstić information content (AvgIpc) is 2.50. The van der Waals surface area contributed by atoms with E-state index in [1.807, 2.05) is 0 Å². The number of amides is 1. The summed E-state index contributed by atoms with van der Waals surface area (Å²) < 4.78 is -0.0843. The van der Waals surface area contributed by atoms with Gasteiger partial charge in [-0.2, -0.15) is 0 Å². The number of hydrogen-bond donors (Lipinski definition) is 1. The highest BCUT2D eigenvalue weighted by Crippen LogP contribution is 2.36. The molecule has 0 unspecified atom stereocenters. The van der Waals surface area contributed by atoms with E-state index in [0.717, 1.165) is 5.71 Å². The maximum Gasteiger partial charge on any atom is 0.433 e. The number of thioether (sulfide) groups is 1. The van der Waals surface area contributed by atoms with Gasteiger partial charge < -0.3 is 5.32 Å². The molecule has 0 fully saturated rings. The molecule has 0 radical (unpaired) electrons. The summed E-state index contributed by atoms with van der Waals surface area (Å²) in [5, 5.41) is 6.52. The Morgan fingerprint density at radius 2 is 2.19 bits per heavy atom. The van der Waals surface area contributed by atoms with Crippen molar-refractivity contribution >= 4 is 28.7 Å². The summed E-state index contributed by atoms with van der Waals surface area (Å²) in [6.07, 6.45) is -0.584. The predicted octanol–water partition coefficient (Wildman–Crippen LogP) is 2.24. The summed E-state index contributed by atoms with van der Waals surface area (Å²) in [6, 6.07) is 0. The lowest BCUT2D eigenvalue weighted by Crippen LogP contribution is -2.28. The Labute approximate surface area is 99.7 Å². The Balaban J connectivity index is 2.78. The molecule has 0 saturated heterocycles. The molecule has 0 saturated carbocycles. The highest BCUT2D eigenvalue weighted by atomic mass is 32.2. The first-order chi connectivity index (χ1) is 7.36. The molecular weight excluding hydrogens is 226 g/mol. The number of nitrogens with zero attached hydrogens (tertiary/aromatic N) is 2. The molecule has 0 aromatic rings. The molecule has 1 heterocycles. The lowest BCUT2D eigenvalue weighted by molar-refractivity contribution is 0.153. The Morgan fingerprint density at radius 3 is 2.62 bits per heavy atom. The van der Waals surface area contributed by atoms with Gasteiger partial charge in [0, 0.05) is 12.8 Å². The van der Waals surface area contributed by atoms with Crippen LogP contribution < -0.4 is 5.32 Å². The van der Waals surface area contributed by atoms with Crippen LogP contribution in [0.3, 0.4) is 0 Å². The van der Waals surface area contributed by atoms with Crippen LogP contribution in [0.15, 0.2) is 10.1 Å². The molecular formula is C10H17N3O2S. The molecule has 90 valence electrons. The Kier molecular flexibility index (Phi) is 3.96. The van der Waals surface area contributed by atoms with Crippen molar-refractivity contribution in [1.29, 1.82) is 0 Å². The van der Waals surface area contributed by atoms with Gasteiger partial charge in [0.15, 0.2) is 0 Å². The van der Waals surface area contributed by atoms with E-state index in [1.54, 1.807) is 0 Å². The van der Waals surface area contributed by atoms with Gasteiger partial charge in [-0.15, -0.1) is 0 Å². The van der Waals surface area contributed by atoms with E-state index in [9.17, 15) is 4.79 Å². The maximum absolute atomic E-state index is 10.8. The number of aliphatic imine (C=N–C) groups is 1. The summed E-state index contributed by atoms with van der Waals surface area (Å²) >= 11 is 1.50. The lowest BCUT2D eigenvalue weighted by Gasteiger charge is -2.20. The third-order valence-electron chi connectivity index (χ3n) is 2.14. The largest absolute Gasteiger partial charge is 0.433 e. The predicted molar refractivity (Wildman–Crippen MR) is 66.9 cm³/mol. The molecule has 16 heavy (non-hydrogen) atoms. The molecule has 1 aliphatic rings. The van der Waals surface area contributed by atoms with Crippen LogP contribution in [0.25, 0.3) is 0 Å². The van der Waals surface area contributed by atoms with Crippen molar-refractivity contribution in [3.63, 3.8) is 0 Å². The van der Waals surface area contributed by atoms with Crippen LogP contribution in [0.2, 0.25) is 0 Å². The van der Waals surface area contributed by atoms with Crippen LogP contribution in [0.4, 0.5) is 4.79 Å². The Bertz CT molecular complexity index is 348. The van der Waals surface area contributed by atoms with Crippen molar-refractivity contribution in [2.24, 2.45) is 16.1 Å². The monoisotopic (exact) mass is 243 g/mol. The second kappa shape index (κ2) is 4.86. The average molecular weight is 243 g/mol. The Morgan fingerprint density at radius 1 is 1.56 bits per heavy atom. The molecule has 0 aromatic carbocycles. The number of rotatable bonds is 2. The lowest BCUT2D eigenvalue weighted by atomic mass is 9.97. The number of oxime groups is 1. The normalized spacial score (nSPS) is 21.1. The molecule has 0 spiro atoms. The van der Waals surface area contributed by atoms with Gasteiger partial charge in [0.05, 0.1) is 4.75 Å². The van der Waals surface area contributed by atoms with Gasteiger partial charge >= 0.3 is 6.09 Å². The van der Waals surface area contributed by atoms with E-state index in [-0.39, 0.29) is 4.75 Å². The summed E-state index contributed by atoms with van der Waals surface area (Å²) in [5.41, 5.74) is 1.07. The number of amidine groups is 1. The summed E-state index contributed by atoms with van der Waals surface area (Å²) in [4.78, 5) is 19.8. The number of carbonyl (C=O) groups is 1. The fourth-order valence-corrected chi connectivity index (χ4v) is 2.59. The fourth-order valence-electron chi connectivity index (χ4n) is 1.53. The van der Waals surface area contributed by atoms with Crippen LogP contribution in [-0.4, -0.2) is 28.8 Å².